The van der Waals surface area contributed by atoms with Gasteiger partial charge in [0.1, 0.15) is 64.4 Å². The SMILES string of the molecule is CC(CC(=O)CCCCCO)C(=O)OCCOCC(COCCOC(=O)C(C)CC(=O)CCCCCO)(COCCOC(=O)C(C)OC(=O)CO)COCC(COCCOC(=O)C(C)OC(=O)CO)(COCCOC(=O)C(C)OC(=O)CCCCCO)COCCOC(=O)C(C)OC(=O)CCCCCO. The second-order valence-corrected chi connectivity index (χ2v) is 25.1. The number of rotatable bonds is 70. The number of hydrogen-bond acceptors (Lipinski definition) is 35. The van der Waals surface area contributed by atoms with Crippen molar-refractivity contribution < 1.29 is 169 Å². The highest BCUT2D eigenvalue weighted by Gasteiger charge is 2.38. The Hall–Kier alpha value is -6.48. The minimum absolute atomic E-state index is 0.00738. The van der Waals surface area contributed by atoms with Gasteiger partial charge >= 0.3 is 59.7 Å². The molecule has 0 bridgehead atoms. The minimum Gasteiger partial charge on any atom is -0.463 e. The zero-order valence-electron chi connectivity index (χ0n) is 62.1. The summed E-state index contributed by atoms with van der Waals surface area (Å²) in [6, 6.07) is 0. The molecule has 608 valence electrons. The van der Waals surface area contributed by atoms with Gasteiger partial charge in [0, 0.05) is 65.0 Å². The zero-order chi connectivity index (χ0) is 78.5. The lowest BCUT2D eigenvalue weighted by atomic mass is 9.90. The molecule has 0 aromatic carbocycles. The Morgan fingerprint density at radius 3 is 0.714 bits per heavy atom. The molecule has 0 aliphatic rings. The number of unbranched alkanes of at least 4 members (excludes halogenated alkanes) is 8. The summed E-state index contributed by atoms with van der Waals surface area (Å²) in [5.41, 5.74) is -2.93. The largest absolute Gasteiger partial charge is 0.463 e. The number of ketones is 2. The molecule has 35 nitrogen and oxygen atoms in total. The predicted molar refractivity (Wildman–Crippen MR) is 363 cm³/mol. The van der Waals surface area contributed by atoms with Gasteiger partial charge in [0.25, 0.3) is 0 Å². The second kappa shape index (κ2) is 62.5. The third-order valence-corrected chi connectivity index (χ3v) is 15.1. The van der Waals surface area contributed by atoms with Gasteiger partial charge in [-0.3, -0.25) is 28.8 Å². The molecule has 35 heteroatoms. The summed E-state index contributed by atoms with van der Waals surface area (Å²) in [5, 5.41) is 54.6. The molecule has 0 aromatic heterocycles. The summed E-state index contributed by atoms with van der Waals surface area (Å²) < 4.78 is 95.6. The Kier molecular flexibility index (Phi) is 58.7. The molecule has 0 aliphatic heterocycles. The van der Waals surface area contributed by atoms with Crippen LogP contribution in [0.15, 0.2) is 0 Å². The van der Waals surface area contributed by atoms with Gasteiger partial charge in [-0.05, 0) is 79.1 Å². The summed E-state index contributed by atoms with van der Waals surface area (Å²) in [6.45, 7) is -0.953. The summed E-state index contributed by atoms with van der Waals surface area (Å²) in [4.78, 5) is 151. The number of Topliss-reactive ketones (excluding diaryl/α,β-unsaturated/α-hetero) is 2. The first kappa shape index (κ1) is 98.5. The summed E-state index contributed by atoms with van der Waals surface area (Å²) >= 11 is 0. The van der Waals surface area contributed by atoms with Gasteiger partial charge in [-0.2, -0.15) is 0 Å². The molecule has 0 spiro atoms. The Labute approximate surface area is 614 Å². The molecule has 0 radical (unpaired) electrons. The highest BCUT2D eigenvalue weighted by atomic mass is 16.6. The van der Waals surface area contributed by atoms with Crippen LogP contribution in [0.4, 0.5) is 0 Å². The van der Waals surface area contributed by atoms with Crippen molar-refractivity contribution in [3.8, 4) is 0 Å². The molecular formula is C70H118O35. The van der Waals surface area contributed by atoms with Crippen LogP contribution >= 0.6 is 0 Å². The van der Waals surface area contributed by atoms with Crippen LogP contribution in [0.2, 0.25) is 0 Å². The third-order valence-electron chi connectivity index (χ3n) is 15.1. The first-order valence-electron chi connectivity index (χ1n) is 35.8. The molecule has 0 heterocycles. The number of esters is 10. The van der Waals surface area contributed by atoms with E-state index in [-0.39, 0.29) is 182 Å². The van der Waals surface area contributed by atoms with Crippen LogP contribution in [0.1, 0.15) is 157 Å². The smallest absolute Gasteiger partial charge is 0.347 e. The van der Waals surface area contributed by atoms with Crippen molar-refractivity contribution in [3.63, 3.8) is 0 Å². The molecule has 0 saturated carbocycles. The second-order valence-electron chi connectivity index (χ2n) is 25.1. The standard InChI is InChI=1S/C70H118O35/c1-51(39-57(77)19-11-7-15-23-71)63(83)96-33-27-89-43-69(45-93-31-37-100-67(87)55(5)104-61(81)41-75,44-90-28-34-97-64(84)52(2)40-58(78)20-12-8-16-24-72)49-95-50-70(48-94-32-38-101-68(88)56(6)105-62(82)42-76,46-91-29-35-98-65(85)53(3)102-59(79)21-13-9-17-25-73)47-92-30-36-99-66(86)54(4)103-60(80)22-14-10-18-26-74/h51-56,71-76H,7-50H2,1-6H3. The monoisotopic (exact) mass is 1520 g/mol. The van der Waals surface area contributed by atoms with E-state index in [4.69, 9.17) is 111 Å². The average Bonchev–Trinajstić information content (AvgIpc) is 0.847. The first-order valence-corrected chi connectivity index (χ1v) is 35.8. The van der Waals surface area contributed by atoms with Crippen LogP contribution in [0.3, 0.4) is 0 Å². The van der Waals surface area contributed by atoms with Crippen LogP contribution in [-0.4, -0.2) is 298 Å². The lowest BCUT2D eigenvalue weighted by Crippen LogP contribution is -2.46. The number of aliphatic hydroxyl groups excluding tert-OH is 6. The number of aliphatic hydroxyl groups is 6. The van der Waals surface area contributed by atoms with Crippen molar-refractivity contribution in [3.05, 3.63) is 0 Å². The van der Waals surface area contributed by atoms with Crippen molar-refractivity contribution in [1.29, 1.82) is 0 Å². The van der Waals surface area contributed by atoms with Gasteiger partial charge in [0.15, 0.2) is 24.4 Å². The molecule has 0 aliphatic carbocycles. The van der Waals surface area contributed by atoms with Crippen LogP contribution in [0.5, 0.6) is 0 Å². The molecule has 105 heavy (non-hydrogen) atoms. The molecule has 6 atom stereocenters. The fourth-order valence-corrected chi connectivity index (χ4v) is 9.24. The van der Waals surface area contributed by atoms with Gasteiger partial charge in [-0.1, -0.05) is 39.5 Å². The lowest BCUT2D eigenvalue weighted by molar-refractivity contribution is -0.172. The maximum Gasteiger partial charge on any atom is 0.347 e. The van der Waals surface area contributed by atoms with E-state index in [2.05, 4.69) is 0 Å². The highest BCUT2D eigenvalue weighted by molar-refractivity contribution is 5.85. The maximum absolute atomic E-state index is 13.1. The molecule has 0 saturated heterocycles. The number of carbonyl (C=O) groups excluding carboxylic acids is 12. The molecule has 0 rings (SSSR count). The van der Waals surface area contributed by atoms with Gasteiger partial charge in [0.05, 0.1) is 115 Å². The Morgan fingerprint density at radius 2 is 0.476 bits per heavy atom. The van der Waals surface area contributed by atoms with Gasteiger partial charge in [-0.25, -0.2) is 28.8 Å². The van der Waals surface area contributed by atoms with E-state index in [9.17, 15) is 57.5 Å². The zero-order valence-corrected chi connectivity index (χ0v) is 62.1. The Balaban J connectivity index is 7.53. The van der Waals surface area contributed by atoms with Crippen molar-refractivity contribution in [2.45, 2.75) is 182 Å². The van der Waals surface area contributed by atoms with Crippen LogP contribution in [0.25, 0.3) is 0 Å². The molecule has 6 N–H and O–H groups in total. The van der Waals surface area contributed by atoms with Crippen LogP contribution in [0, 0.1) is 22.7 Å². The normalized spacial score (nSPS) is 14.1. The average molecular weight is 1520 g/mol. The van der Waals surface area contributed by atoms with Crippen molar-refractivity contribution >= 4 is 71.3 Å². The molecule has 0 fully saturated rings. The van der Waals surface area contributed by atoms with Crippen molar-refractivity contribution in [2.75, 3.05) is 172 Å². The van der Waals surface area contributed by atoms with Crippen LogP contribution < -0.4 is 0 Å². The van der Waals surface area contributed by atoms with E-state index >= 15 is 0 Å². The van der Waals surface area contributed by atoms with E-state index in [1.165, 1.54) is 41.5 Å². The van der Waals surface area contributed by atoms with Crippen LogP contribution in [-0.2, 0) is 138 Å². The molecule has 0 aromatic rings. The minimum atomic E-state index is -1.48. The van der Waals surface area contributed by atoms with E-state index in [0.29, 0.717) is 77.0 Å². The molecular weight excluding hydrogens is 1400 g/mol. The highest BCUT2D eigenvalue weighted by Crippen LogP contribution is 2.26. The summed E-state index contributed by atoms with van der Waals surface area (Å²) in [6.07, 6.45) is 1.07. The predicted octanol–water partition coefficient (Wildman–Crippen LogP) is 1.45. The number of ether oxygens (including phenoxy) is 17. The summed E-state index contributed by atoms with van der Waals surface area (Å²) in [5.74, 6) is -10.6. The quantitative estimate of drug-likeness (QED) is 0.0285. The fraction of sp³-hybridized carbons (Fsp3) is 0.829. The summed E-state index contributed by atoms with van der Waals surface area (Å²) in [7, 11) is 0. The fourth-order valence-electron chi connectivity index (χ4n) is 9.24. The maximum atomic E-state index is 13.1. The third kappa shape index (κ3) is 51.4. The molecule has 6 unspecified atom stereocenters. The van der Waals surface area contributed by atoms with E-state index in [1.54, 1.807) is 0 Å². The van der Waals surface area contributed by atoms with E-state index in [0.717, 1.165) is 0 Å². The Bertz CT molecular complexity index is 2170. The number of carbonyl (C=O) groups is 12. The van der Waals surface area contributed by atoms with E-state index < -0.39 is 146 Å². The van der Waals surface area contributed by atoms with Gasteiger partial charge in [0.2, 0.25) is 0 Å². The van der Waals surface area contributed by atoms with Crippen molar-refractivity contribution in [2.24, 2.45) is 22.7 Å². The van der Waals surface area contributed by atoms with Gasteiger partial charge < -0.3 is 111 Å². The Morgan fingerprint density at radius 1 is 0.257 bits per heavy atom. The number of hydrogen-bond donors (Lipinski definition) is 6. The van der Waals surface area contributed by atoms with Gasteiger partial charge in [-0.15, -0.1) is 0 Å². The lowest BCUT2D eigenvalue weighted by Gasteiger charge is -2.37. The topological polar surface area (TPSA) is 483 Å². The molecule has 0 amide bonds. The first-order chi connectivity index (χ1) is 50.3. The van der Waals surface area contributed by atoms with Crippen molar-refractivity contribution in [1.82, 2.24) is 0 Å². The van der Waals surface area contributed by atoms with E-state index in [1.807, 2.05) is 0 Å².